The van der Waals surface area contributed by atoms with Gasteiger partial charge in [-0.2, -0.15) is 0 Å². The number of ether oxygens (including phenoxy) is 2. The number of Topliss-reactive ketones (excluding diaryl/α,β-unsaturated/α-hetero) is 1. The molecular formula is C24H21NO6. The van der Waals surface area contributed by atoms with Gasteiger partial charge in [-0.15, -0.1) is 0 Å². The highest BCUT2D eigenvalue weighted by Gasteiger charge is 2.48. The molecule has 0 saturated carbocycles. The second-order valence-electron chi connectivity index (χ2n) is 7.09. The first-order valence-corrected chi connectivity index (χ1v) is 9.59. The number of hydrogen-bond donors (Lipinski definition) is 1. The molecule has 31 heavy (non-hydrogen) atoms. The number of carbonyl (C=O) groups excluding carboxylic acids is 2. The Morgan fingerprint density at radius 1 is 1.03 bits per heavy atom. The number of benzene rings is 2. The minimum Gasteiger partial charge on any atom is -0.507 e. The van der Waals surface area contributed by atoms with Gasteiger partial charge < -0.3 is 19.0 Å². The van der Waals surface area contributed by atoms with E-state index in [1.165, 1.54) is 25.4 Å². The second-order valence-corrected chi connectivity index (χ2v) is 7.09. The third-order valence-corrected chi connectivity index (χ3v) is 5.20. The fourth-order valence-electron chi connectivity index (χ4n) is 3.73. The molecule has 1 unspecified atom stereocenters. The number of rotatable bonds is 5. The van der Waals surface area contributed by atoms with Crippen LogP contribution >= 0.6 is 0 Å². The molecule has 4 rings (SSSR count). The number of aliphatic hydroxyl groups excluding tert-OH is 1. The zero-order valence-electron chi connectivity index (χ0n) is 17.3. The maximum absolute atomic E-state index is 13.1. The van der Waals surface area contributed by atoms with Crippen LogP contribution in [0.15, 0.2) is 70.9 Å². The van der Waals surface area contributed by atoms with Crippen LogP contribution in [0, 0.1) is 6.92 Å². The lowest BCUT2D eigenvalue weighted by Crippen LogP contribution is -2.29. The van der Waals surface area contributed by atoms with Crippen LogP contribution in [0.4, 0.5) is 5.69 Å². The van der Waals surface area contributed by atoms with E-state index in [2.05, 4.69) is 0 Å². The minimum absolute atomic E-state index is 0.0772. The zero-order valence-corrected chi connectivity index (χ0v) is 17.3. The average molecular weight is 419 g/mol. The first-order chi connectivity index (χ1) is 15.0. The molecule has 1 fully saturated rings. The Balaban J connectivity index is 1.96. The molecule has 0 bridgehead atoms. The van der Waals surface area contributed by atoms with E-state index < -0.39 is 17.7 Å². The molecule has 7 nitrogen and oxygen atoms in total. The first kappa shape index (κ1) is 20.3. The van der Waals surface area contributed by atoms with E-state index in [4.69, 9.17) is 13.9 Å². The van der Waals surface area contributed by atoms with Crippen LogP contribution in [0.25, 0.3) is 5.76 Å². The van der Waals surface area contributed by atoms with Gasteiger partial charge in [0.2, 0.25) is 0 Å². The van der Waals surface area contributed by atoms with Crippen molar-refractivity contribution in [3.05, 3.63) is 83.3 Å². The van der Waals surface area contributed by atoms with Gasteiger partial charge in [0.05, 0.1) is 31.6 Å². The summed E-state index contributed by atoms with van der Waals surface area (Å²) in [5.41, 5.74) is 1.55. The molecule has 0 aliphatic carbocycles. The van der Waals surface area contributed by atoms with E-state index in [1.54, 1.807) is 48.5 Å². The Kier molecular flexibility index (Phi) is 5.25. The number of anilines is 1. The average Bonchev–Trinajstić information content (AvgIpc) is 3.40. The number of aryl methyl sites for hydroxylation is 1. The van der Waals surface area contributed by atoms with Gasteiger partial charge in [0, 0.05) is 11.8 Å². The third kappa shape index (κ3) is 3.44. The molecule has 1 saturated heterocycles. The van der Waals surface area contributed by atoms with Crippen molar-refractivity contribution in [1.82, 2.24) is 0 Å². The van der Waals surface area contributed by atoms with E-state index >= 15 is 0 Å². The number of methoxy groups -OCH3 is 2. The summed E-state index contributed by atoms with van der Waals surface area (Å²) in [6.07, 6.45) is 1.45. The van der Waals surface area contributed by atoms with Gasteiger partial charge >= 0.3 is 0 Å². The highest BCUT2D eigenvalue weighted by atomic mass is 16.5. The van der Waals surface area contributed by atoms with E-state index in [0.717, 1.165) is 5.56 Å². The minimum atomic E-state index is -0.952. The SMILES string of the molecule is COc1cccc(N2C(=O)C(=O)/C(=C(\O)c3cc(C)ccc3OC)C2c2ccco2)c1. The zero-order chi connectivity index (χ0) is 22.1. The van der Waals surface area contributed by atoms with Gasteiger partial charge in [-0.1, -0.05) is 17.7 Å². The van der Waals surface area contributed by atoms with Gasteiger partial charge in [-0.25, -0.2) is 0 Å². The second kappa shape index (κ2) is 8.02. The number of amides is 1. The fourth-order valence-corrected chi connectivity index (χ4v) is 3.73. The summed E-state index contributed by atoms with van der Waals surface area (Å²) < 4.78 is 16.2. The van der Waals surface area contributed by atoms with E-state index in [-0.39, 0.29) is 11.3 Å². The Bertz CT molecular complexity index is 1180. The van der Waals surface area contributed by atoms with Gasteiger partial charge in [-0.3, -0.25) is 14.5 Å². The Morgan fingerprint density at radius 3 is 2.52 bits per heavy atom. The lowest BCUT2D eigenvalue weighted by atomic mass is 9.97. The Labute approximate surface area is 179 Å². The van der Waals surface area contributed by atoms with E-state index in [0.29, 0.717) is 28.5 Å². The number of hydrogen-bond acceptors (Lipinski definition) is 6. The molecule has 1 N–H and O–H groups in total. The number of nitrogens with zero attached hydrogens (tertiary/aromatic N) is 1. The molecule has 2 aromatic carbocycles. The molecule has 1 aliphatic heterocycles. The van der Waals surface area contributed by atoms with Crippen molar-refractivity contribution < 1.29 is 28.6 Å². The summed E-state index contributed by atoms with van der Waals surface area (Å²) in [5.74, 6) is -0.666. The maximum Gasteiger partial charge on any atom is 0.300 e. The van der Waals surface area contributed by atoms with Crippen molar-refractivity contribution in [2.45, 2.75) is 13.0 Å². The van der Waals surface area contributed by atoms with Gasteiger partial charge in [0.15, 0.2) is 0 Å². The van der Waals surface area contributed by atoms with Crippen LogP contribution in [-0.4, -0.2) is 31.0 Å². The first-order valence-electron chi connectivity index (χ1n) is 9.59. The summed E-state index contributed by atoms with van der Waals surface area (Å²) in [7, 11) is 2.99. The molecule has 1 atom stereocenters. The van der Waals surface area contributed by atoms with Crippen LogP contribution in [0.3, 0.4) is 0 Å². The quantitative estimate of drug-likeness (QED) is 0.378. The van der Waals surface area contributed by atoms with Gasteiger partial charge in [0.25, 0.3) is 11.7 Å². The van der Waals surface area contributed by atoms with Crippen molar-refractivity contribution in [2.24, 2.45) is 0 Å². The summed E-state index contributed by atoms with van der Waals surface area (Å²) in [4.78, 5) is 27.5. The number of aliphatic hydroxyl groups is 1. The third-order valence-electron chi connectivity index (χ3n) is 5.20. The molecule has 158 valence electrons. The smallest absolute Gasteiger partial charge is 0.300 e. The Morgan fingerprint density at radius 2 is 1.84 bits per heavy atom. The van der Waals surface area contributed by atoms with Gasteiger partial charge in [0.1, 0.15) is 29.1 Å². The number of carbonyl (C=O) groups is 2. The van der Waals surface area contributed by atoms with Crippen molar-refractivity contribution in [3.63, 3.8) is 0 Å². The van der Waals surface area contributed by atoms with Crippen LogP contribution < -0.4 is 14.4 Å². The largest absolute Gasteiger partial charge is 0.507 e. The van der Waals surface area contributed by atoms with E-state index in [1.807, 2.05) is 13.0 Å². The molecule has 2 heterocycles. The lowest BCUT2D eigenvalue weighted by Gasteiger charge is -2.23. The van der Waals surface area contributed by atoms with Crippen LogP contribution in [0.2, 0.25) is 0 Å². The van der Waals surface area contributed by atoms with Crippen LogP contribution in [-0.2, 0) is 9.59 Å². The summed E-state index contributed by atoms with van der Waals surface area (Å²) in [5, 5.41) is 11.2. The molecule has 1 aliphatic rings. The predicted molar refractivity (Wildman–Crippen MR) is 114 cm³/mol. The molecule has 1 amide bonds. The molecule has 7 heteroatoms. The molecule has 0 radical (unpaired) electrons. The maximum atomic E-state index is 13.1. The summed E-state index contributed by atoms with van der Waals surface area (Å²) in [6.45, 7) is 1.86. The van der Waals surface area contributed by atoms with Crippen LogP contribution in [0.1, 0.15) is 22.9 Å². The lowest BCUT2D eigenvalue weighted by molar-refractivity contribution is -0.132. The van der Waals surface area contributed by atoms with Gasteiger partial charge in [-0.05, 0) is 43.3 Å². The normalized spacial score (nSPS) is 17.8. The van der Waals surface area contributed by atoms with Crippen LogP contribution in [0.5, 0.6) is 11.5 Å². The van der Waals surface area contributed by atoms with Crippen molar-refractivity contribution in [1.29, 1.82) is 0 Å². The summed E-state index contributed by atoms with van der Waals surface area (Å²) in [6, 6.07) is 14.4. The van der Waals surface area contributed by atoms with Crippen molar-refractivity contribution >= 4 is 23.1 Å². The molecule has 1 aromatic heterocycles. The Hall–Kier alpha value is -4.00. The number of furan rings is 1. The highest BCUT2D eigenvalue weighted by molar-refractivity contribution is 6.51. The molecular weight excluding hydrogens is 398 g/mol. The summed E-state index contributed by atoms with van der Waals surface area (Å²) >= 11 is 0. The van der Waals surface area contributed by atoms with Crippen molar-refractivity contribution in [2.75, 3.05) is 19.1 Å². The molecule has 3 aromatic rings. The number of ketones is 1. The standard InChI is InChI=1S/C24H21NO6/c1-14-9-10-18(30-3)17(12-14)22(26)20-21(19-8-5-11-31-19)25(24(28)23(20)27)15-6-4-7-16(13-15)29-2/h4-13,21,26H,1-3H3/b22-20-. The highest BCUT2D eigenvalue weighted by Crippen LogP contribution is 2.44. The topological polar surface area (TPSA) is 89.2 Å². The van der Waals surface area contributed by atoms with Crippen molar-refractivity contribution in [3.8, 4) is 11.5 Å². The molecule has 0 spiro atoms. The monoisotopic (exact) mass is 419 g/mol. The van der Waals surface area contributed by atoms with E-state index in [9.17, 15) is 14.7 Å². The fraction of sp³-hybridized carbons (Fsp3) is 0.167. The predicted octanol–water partition coefficient (Wildman–Crippen LogP) is 4.23.